The number of rotatable bonds is 3. The third kappa shape index (κ3) is 1.97. The van der Waals surface area contributed by atoms with Crippen LogP contribution >= 0.6 is 116 Å². The van der Waals surface area contributed by atoms with Crippen LogP contribution in [0.2, 0.25) is 0 Å². The van der Waals surface area contributed by atoms with Crippen molar-refractivity contribution in [2.24, 2.45) is 16.7 Å². The quantitative estimate of drug-likeness (QED) is 0.406. The molecule has 0 heterocycles. The van der Waals surface area contributed by atoms with E-state index in [0.29, 0.717) is 0 Å². The first-order chi connectivity index (χ1) is 9.04. The summed E-state index contributed by atoms with van der Waals surface area (Å²) in [5.74, 6) is -0.676. The van der Waals surface area contributed by atoms with Crippen molar-refractivity contribution >= 4 is 116 Å². The van der Waals surface area contributed by atoms with Crippen molar-refractivity contribution in [3.8, 4) is 0 Å². The molecule has 2 aliphatic carbocycles. The van der Waals surface area contributed by atoms with Crippen LogP contribution in [0.4, 0.5) is 0 Å². The molecule has 0 aromatic heterocycles. The summed E-state index contributed by atoms with van der Waals surface area (Å²) in [6.07, 6.45) is 0. The molecule has 0 radical (unpaired) electrons. The van der Waals surface area contributed by atoms with E-state index in [-0.39, 0.29) is 5.88 Å². The van der Waals surface area contributed by atoms with Crippen LogP contribution in [-0.4, -0.2) is 36.0 Å². The summed E-state index contributed by atoms with van der Waals surface area (Å²) in [4.78, 5) is -2.03. The highest BCUT2D eigenvalue weighted by Gasteiger charge is 2.86. The Balaban J connectivity index is 2.80. The van der Waals surface area contributed by atoms with E-state index in [9.17, 15) is 0 Å². The Hall–Kier alpha value is 2.90. The lowest BCUT2D eigenvalue weighted by Gasteiger charge is -2.47. The van der Waals surface area contributed by atoms with Crippen molar-refractivity contribution in [2.75, 3.05) is 5.88 Å². The highest BCUT2D eigenvalue weighted by atomic mass is 35.5. The molecule has 0 N–H and O–H groups in total. The highest BCUT2D eigenvalue weighted by molar-refractivity contribution is 6.56. The lowest BCUT2D eigenvalue weighted by molar-refractivity contribution is 0.147. The van der Waals surface area contributed by atoms with Crippen molar-refractivity contribution in [3.05, 3.63) is 0 Å². The predicted octanol–water partition coefficient (Wildman–Crippen LogP) is 6.44. The molecule has 118 valence electrons. The maximum Gasteiger partial charge on any atom is 0.140 e. The zero-order chi connectivity index (χ0) is 15.7. The molecule has 2 fully saturated rings. The second kappa shape index (κ2) is 6.01. The van der Waals surface area contributed by atoms with Crippen molar-refractivity contribution < 1.29 is 0 Å². The normalized spacial score (nSPS) is 50.4. The van der Waals surface area contributed by atoms with Gasteiger partial charge >= 0.3 is 0 Å². The molecule has 0 saturated heterocycles. The van der Waals surface area contributed by atoms with Crippen LogP contribution in [0.5, 0.6) is 0 Å². The topological polar surface area (TPSA) is 0 Å². The molecule has 2 unspecified atom stereocenters. The molecule has 0 amide bonds. The van der Waals surface area contributed by atoms with E-state index in [4.69, 9.17) is 116 Å². The highest BCUT2D eigenvalue weighted by Crippen LogP contribution is 2.79. The Morgan fingerprint density at radius 3 is 1.70 bits per heavy atom. The van der Waals surface area contributed by atoms with Crippen LogP contribution in [0.15, 0.2) is 0 Å². The first-order valence-corrected chi connectivity index (χ1v) is 9.81. The fourth-order valence-electron chi connectivity index (χ4n) is 3.67. The lowest BCUT2D eigenvalue weighted by atomic mass is 9.69. The minimum Gasteiger partial charge on any atom is -0.126 e. The van der Waals surface area contributed by atoms with Gasteiger partial charge in [0.05, 0.1) is 16.1 Å². The Morgan fingerprint density at radius 2 is 1.40 bits per heavy atom. The fourth-order valence-corrected chi connectivity index (χ4v) is 9.42. The minimum absolute atomic E-state index is 0.0257. The Morgan fingerprint density at radius 1 is 0.900 bits per heavy atom. The molecule has 0 nitrogen and oxygen atoms in total. The first kappa shape index (κ1) is 19.2. The van der Waals surface area contributed by atoms with Crippen LogP contribution in [0.25, 0.3) is 0 Å². The zero-order valence-corrected chi connectivity index (χ0v) is 17.0. The Labute approximate surface area is 167 Å². The standard InChI is InChI=1S/C10H8Cl10/c11-1-8(6(15)16)3-2(12)4(13)9(8,7(17)18)5(14)10(3,19)20/h2-7H,1H2/t2-,3+,4-,5-,8?,9?/m0/s1. The van der Waals surface area contributed by atoms with Gasteiger partial charge in [-0.3, -0.25) is 0 Å². The van der Waals surface area contributed by atoms with Gasteiger partial charge in [-0.2, -0.15) is 0 Å². The number of alkyl halides is 10. The van der Waals surface area contributed by atoms with Gasteiger partial charge in [-0.05, 0) is 0 Å². The molecule has 0 spiro atoms. The van der Waals surface area contributed by atoms with E-state index in [0.717, 1.165) is 0 Å². The molecule has 0 aliphatic heterocycles. The van der Waals surface area contributed by atoms with Gasteiger partial charge in [-0.1, -0.05) is 23.2 Å². The second-order valence-electron chi connectivity index (χ2n) is 5.07. The maximum atomic E-state index is 6.47. The van der Waals surface area contributed by atoms with Crippen molar-refractivity contribution in [1.29, 1.82) is 0 Å². The zero-order valence-electron chi connectivity index (χ0n) is 9.45. The van der Waals surface area contributed by atoms with E-state index in [2.05, 4.69) is 0 Å². The van der Waals surface area contributed by atoms with Crippen molar-refractivity contribution in [2.45, 2.75) is 30.1 Å². The van der Waals surface area contributed by atoms with Crippen LogP contribution in [-0.2, 0) is 0 Å². The van der Waals surface area contributed by atoms with Crippen LogP contribution in [0.1, 0.15) is 0 Å². The number of hydrogen-bond donors (Lipinski definition) is 0. The molecule has 2 saturated carbocycles. The largest absolute Gasteiger partial charge is 0.140 e. The average molecular weight is 483 g/mol. The lowest BCUT2D eigenvalue weighted by Crippen LogP contribution is -2.56. The number of hydrogen-bond acceptors (Lipinski definition) is 0. The van der Waals surface area contributed by atoms with Gasteiger partial charge < -0.3 is 0 Å². The van der Waals surface area contributed by atoms with Gasteiger partial charge in [0, 0.05) is 22.6 Å². The van der Waals surface area contributed by atoms with Gasteiger partial charge in [0.1, 0.15) is 14.0 Å². The van der Waals surface area contributed by atoms with Gasteiger partial charge in [0.15, 0.2) is 0 Å². The second-order valence-corrected chi connectivity index (χ2v) is 10.4. The van der Waals surface area contributed by atoms with Crippen molar-refractivity contribution in [3.63, 3.8) is 0 Å². The van der Waals surface area contributed by atoms with Gasteiger partial charge in [-0.15, -0.1) is 92.8 Å². The van der Waals surface area contributed by atoms with Gasteiger partial charge in [0.2, 0.25) is 0 Å². The Bertz CT molecular complexity index is 397. The van der Waals surface area contributed by atoms with Crippen LogP contribution in [0.3, 0.4) is 0 Å². The van der Waals surface area contributed by atoms with E-state index in [1.165, 1.54) is 0 Å². The van der Waals surface area contributed by atoms with Crippen LogP contribution in [0, 0.1) is 16.7 Å². The summed E-state index contributed by atoms with van der Waals surface area (Å²) in [5, 5.41) is -2.29. The number of halogens is 10. The maximum absolute atomic E-state index is 6.47. The third-order valence-corrected chi connectivity index (χ3v) is 9.60. The molecule has 20 heavy (non-hydrogen) atoms. The van der Waals surface area contributed by atoms with Gasteiger partial charge in [0.25, 0.3) is 0 Å². The van der Waals surface area contributed by atoms with E-state index in [1.807, 2.05) is 0 Å². The minimum atomic E-state index is -1.45. The molecule has 6 atom stereocenters. The van der Waals surface area contributed by atoms with E-state index in [1.54, 1.807) is 0 Å². The van der Waals surface area contributed by atoms with E-state index < -0.39 is 46.9 Å². The monoisotopic (exact) mass is 478 g/mol. The molecular weight excluding hydrogens is 475 g/mol. The van der Waals surface area contributed by atoms with E-state index >= 15 is 0 Å². The molecule has 2 bridgehead atoms. The summed E-state index contributed by atoms with van der Waals surface area (Å²) in [5.41, 5.74) is -2.31. The SMILES string of the molecule is ClCC1(C(Cl)Cl)[C@H]2[C@H](Cl)[C@H](Cl)C1(C(Cl)Cl)[C@H](Cl)C2(Cl)Cl. The summed E-state index contributed by atoms with van der Waals surface area (Å²) in [6.45, 7) is 0. The summed E-state index contributed by atoms with van der Waals surface area (Å²) in [6, 6.07) is 0. The molecule has 10 heteroatoms. The molecular formula is C10H8Cl10. The smallest absolute Gasteiger partial charge is 0.126 e. The van der Waals surface area contributed by atoms with Crippen LogP contribution < -0.4 is 0 Å². The third-order valence-electron chi connectivity index (χ3n) is 4.56. The Kier molecular flexibility index (Phi) is 5.78. The summed E-state index contributed by atoms with van der Waals surface area (Å²) in [7, 11) is 0. The fraction of sp³-hybridized carbons (Fsp3) is 1.00. The van der Waals surface area contributed by atoms with Crippen molar-refractivity contribution in [1.82, 2.24) is 0 Å². The summed E-state index contributed by atoms with van der Waals surface area (Å²) < 4.78 is -1.45. The molecule has 2 aliphatic rings. The predicted molar refractivity (Wildman–Crippen MR) is 93.4 cm³/mol. The van der Waals surface area contributed by atoms with Gasteiger partial charge in [-0.25, -0.2) is 0 Å². The first-order valence-electron chi connectivity index (χ1n) is 5.46. The average Bonchev–Trinajstić information content (AvgIpc) is 2.64. The summed E-state index contributed by atoms with van der Waals surface area (Å²) >= 11 is 63.1. The number of fused-ring (bicyclic) bond motifs is 2. The molecule has 0 aromatic carbocycles. The molecule has 0 aromatic rings. The molecule has 2 rings (SSSR count).